The maximum absolute atomic E-state index is 5.79. The fourth-order valence-electron chi connectivity index (χ4n) is 3.27. The smallest absolute Gasteiger partial charge is 0.192 e. The van der Waals surface area contributed by atoms with Gasteiger partial charge < -0.3 is 19.9 Å². The van der Waals surface area contributed by atoms with Crippen molar-refractivity contribution >= 4 is 5.96 Å². The van der Waals surface area contributed by atoms with E-state index in [-0.39, 0.29) is 6.04 Å². The summed E-state index contributed by atoms with van der Waals surface area (Å²) in [4.78, 5) is 4.78. The summed E-state index contributed by atoms with van der Waals surface area (Å²) >= 11 is 0. The minimum Gasteiger partial charge on any atom is -0.493 e. The second kappa shape index (κ2) is 9.57. The molecule has 0 amide bonds. The van der Waals surface area contributed by atoms with Gasteiger partial charge in [-0.1, -0.05) is 32.0 Å². The normalized spacial score (nSPS) is 16.6. The minimum atomic E-state index is 0.183. The van der Waals surface area contributed by atoms with Gasteiger partial charge in [0.1, 0.15) is 18.1 Å². The summed E-state index contributed by atoms with van der Waals surface area (Å²) in [6.45, 7) is 8.54. The van der Waals surface area contributed by atoms with E-state index in [1.54, 1.807) is 0 Å². The highest BCUT2D eigenvalue weighted by Gasteiger charge is 2.22. The number of para-hydroxylation sites is 1. The maximum atomic E-state index is 5.79. The molecule has 152 valence electrons. The Labute approximate surface area is 167 Å². The number of aryl methyl sites for hydroxylation is 1. The molecule has 1 aromatic heterocycles. The highest BCUT2D eigenvalue weighted by molar-refractivity contribution is 5.80. The Bertz CT molecular complexity index is 798. The van der Waals surface area contributed by atoms with E-state index in [0.29, 0.717) is 19.1 Å². The standard InChI is InChI=1S/C21H32N6O/c1-15(2)8-7-12-22-21(23-14-20-26-25-16(3)27(20)4)24-18-11-13-28-19-10-6-5-9-17(18)19/h5-6,9-10,15,18H,7-8,11-14H2,1-4H3,(H2,22,23,24). The van der Waals surface area contributed by atoms with Crippen LogP contribution in [-0.4, -0.2) is 33.9 Å². The zero-order valence-electron chi connectivity index (χ0n) is 17.4. The first kappa shape index (κ1) is 20.2. The van der Waals surface area contributed by atoms with E-state index in [4.69, 9.17) is 9.73 Å². The van der Waals surface area contributed by atoms with Crippen molar-refractivity contribution in [3.05, 3.63) is 41.5 Å². The molecule has 2 aromatic rings. The number of hydrogen-bond acceptors (Lipinski definition) is 4. The fraction of sp³-hybridized carbons (Fsp3) is 0.571. The fourth-order valence-corrected chi connectivity index (χ4v) is 3.27. The second-order valence-electron chi connectivity index (χ2n) is 7.72. The molecule has 7 nitrogen and oxygen atoms in total. The quantitative estimate of drug-likeness (QED) is 0.436. The van der Waals surface area contributed by atoms with Gasteiger partial charge in [0, 0.05) is 25.6 Å². The van der Waals surface area contributed by atoms with Crippen molar-refractivity contribution in [2.24, 2.45) is 18.0 Å². The molecule has 0 fully saturated rings. The van der Waals surface area contributed by atoms with Crippen molar-refractivity contribution in [1.82, 2.24) is 25.4 Å². The Morgan fingerprint density at radius 1 is 1.32 bits per heavy atom. The van der Waals surface area contributed by atoms with Crippen LogP contribution in [0.5, 0.6) is 5.75 Å². The van der Waals surface area contributed by atoms with Crippen molar-refractivity contribution in [3.63, 3.8) is 0 Å². The number of nitrogens with one attached hydrogen (secondary N) is 2. The first-order valence-electron chi connectivity index (χ1n) is 10.2. The molecular formula is C21H32N6O. The molecule has 1 aliphatic rings. The zero-order valence-corrected chi connectivity index (χ0v) is 17.4. The SMILES string of the molecule is Cc1nnc(CN=C(NCCCC(C)C)NC2CCOc3ccccc32)n1C. The molecule has 0 bridgehead atoms. The van der Waals surface area contributed by atoms with Gasteiger partial charge in [0.25, 0.3) is 0 Å². The average Bonchev–Trinajstić information content (AvgIpc) is 3.01. The van der Waals surface area contributed by atoms with Crippen LogP contribution in [0.3, 0.4) is 0 Å². The molecule has 2 N–H and O–H groups in total. The van der Waals surface area contributed by atoms with Crippen molar-refractivity contribution in [1.29, 1.82) is 0 Å². The van der Waals surface area contributed by atoms with E-state index in [9.17, 15) is 0 Å². The van der Waals surface area contributed by atoms with E-state index < -0.39 is 0 Å². The minimum absolute atomic E-state index is 0.183. The maximum Gasteiger partial charge on any atom is 0.192 e. The van der Waals surface area contributed by atoms with Crippen LogP contribution in [0.2, 0.25) is 0 Å². The predicted molar refractivity (Wildman–Crippen MR) is 111 cm³/mol. The van der Waals surface area contributed by atoms with Gasteiger partial charge in [0.15, 0.2) is 11.8 Å². The molecule has 1 aliphatic heterocycles. The molecule has 3 rings (SSSR count). The highest BCUT2D eigenvalue weighted by Crippen LogP contribution is 2.31. The van der Waals surface area contributed by atoms with Gasteiger partial charge in [-0.15, -0.1) is 10.2 Å². The lowest BCUT2D eigenvalue weighted by atomic mass is 10.0. The monoisotopic (exact) mass is 384 g/mol. The van der Waals surface area contributed by atoms with Crippen LogP contribution in [0, 0.1) is 12.8 Å². The van der Waals surface area contributed by atoms with Gasteiger partial charge in [0.05, 0.1) is 12.6 Å². The summed E-state index contributed by atoms with van der Waals surface area (Å²) < 4.78 is 7.76. The van der Waals surface area contributed by atoms with Gasteiger partial charge >= 0.3 is 0 Å². The van der Waals surface area contributed by atoms with Crippen LogP contribution in [-0.2, 0) is 13.6 Å². The molecule has 2 heterocycles. The number of fused-ring (bicyclic) bond motifs is 1. The number of ether oxygens (including phenoxy) is 1. The topological polar surface area (TPSA) is 76.4 Å². The molecule has 28 heavy (non-hydrogen) atoms. The second-order valence-corrected chi connectivity index (χ2v) is 7.72. The van der Waals surface area contributed by atoms with Gasteiger partial charge in [-0.3, -0.25) is 0 Å². The van der Waals surface area contributed by atoms with E-state index in [1.165, 1.54) is 12.0 Å². The zero-order chi connectivity index (χ0) is 19.9. The molecule has 1 unspecified atom stereocenters. The first-order valence-corrected chi connectivity index (χ1v) is 10.2. The van der Waals surface area contributed by atoms with Crippen LogP contribution >= 0.6 is 0 Å². The molecule has 1 atom stereocenters. The van der Waals surface area contributed by atoms with Crippen molar-refractivity contribution in [3.8, 4) is 5.75 Å². The average molecular weight is 385 g/mol. The molecular weight excluding hydrogens is 352 g/mol. The number of aromatic nitrogens is 3. The molecule has 7 heteroatoms. The number of rotatable bonds is 7. The third-order valence-electron chi connectivity index (χ3n) is 5.08. The third-order valence-corrected chi connectivity index (χ3v) is 5.08. The van der Waals surface area contributed by atoms with Crippen LogP contribution in [0.1, 0.15) is 56.4 Å². The Morgan fingerprint density at radius 2 is 2.14 bits per heavy atom. The van der Waals surface area contributed by atoms with E-state index in [2.05, 4.69) is 46.8 Å². The molecule has 0 aliphatic carbocycles. The predicted octanol–water partition coefficient (Wildman–Crippen LogP) is 3.12. The number of guanidine groups is 1. The third kappa shape index (κ3) is 5.24. The Balaban J connectivity index is 1.70. The number of hydrogen-bond donors (Lipinski definition) is 2. The lowest BCUT2D eigenvalue weighted by Crippen LogP contribution is -2.41. The Kier molecular flexibility index (Phi) is 6.90. The number of nitrogens with zero attached hydrogens (tertiary/aromatic N) is 4. The molecule has 1 aromatic carbocycles. The summed E-state index contributed by atoms with van der Waals surface area (Å²) in [7, 11) is 1.97. The highest BCUT2D eigenvalue weighted by atomic mass is 16.5. The summed E-state index contributed by atoms with van der Waals surface area (Å²) in [5.74, 6) is 4.22. The summed E-state index contributed by atoms with van der Waals surface area (Å²) in [6.07, 6.45) is 3.22. The number of benzene rings is 1. The van der Waals surface area contributed by atoms with E-state index in [1.807, 2.05) is 30.7 Å². The van der Waals surface area contributed by atoms with Crippen molar-refractivity contribution < 1.29 is 4.74 Å². The van der Waals surface area contributed by atoms with Crippen LogP contribution in [0.15, 0.2) is 29.3 Å². The summed E-state index contributed by atoms with van der Waals surface area (Å²) in [6, 6.07) is 8.39. The molecule has 0 saturated heterocycles. The summed E-state index contributed by atoms with van der Waals surface area (Å²) in [5.41, 5.74) is 1.18. The van der Waals surface area contributed by atoms with Gasteiger partial charge in [-0.25, -0.2) is 4.99 Å². The van der Waals surface area contributed by atoms with Crippen LogP contribution in [0.25, 0.3) is 0 Å². The lowest BCUT2D eigenvalue weighted by Gasteiger charge is -2.28. The summed E-state index contributed by atoms with van der Waals surface area (Å²) in [5, 5.41) is 15.4. The van der Waals surface area contributed by atoms with Crippen LogP contribution < -0.4 is 15.4 Å². The van der Waals surface area contributed by atoms with Gasteiger partial charge in [-0.2, -0.15) is 0 Å². The number of aliphatic imine (C=N–C) groups is 1. The largest absolute Gasteiger partial charge is 0.493 e. The van der Waals surface area contributed by atoms with Crippen molar-refractivity contribution in [2.45, 2.75) is 52.6 Å². The lowest BCUT2D eigenvalue weighted by molar-refractivity contribution is 0.261. The Hall–Kier alpha value is -2.57. The van der Waals surface area contributed by atoms with Crippen LogP contribution in [0.4, 0.5) is 0 Å². The molecule has 0 saturated carbocycles. The van der Waals surface area contributed by atoms with Gasteiger partial charge in [0.2, 0.25) is 0 Å². The van der Waals surface area contributed by atoms with E-state index >= 15 is 0 Å². The molecule has 0 radical (unpaired) electrons. The first-order chi connectivity index (χ1) is 13.5. The Morgan fingerprint density at radius 3 is 2.89 bits per heavy atom. The van der Waals surface area contributed by atoms with Gasteiger partial charge in [-0.05, 0) is 31.7 Å². The van der Waals surface area contributed by atoms with Crippen molar-refractivity contribution in [2.75, 3.05) is 13.2 Å². The van der Waals surface area contributed by atoms with E-state index in [0.717, 1.165) is 42.7 Å². The molecule has 0 spiro atoms.